The van der Waals surface area contributed by atoms with Crippen molar-refractivity contribution in [3.63, 3.8) is 0 Å². The number of H-pyrrole nitrogens is 1. The second-order valence-corrected chi connectivity index (χ2v) is 9.35. The largest absolute Gasteiger partial charge is 0.496 e. The van der Waals surface area contributed by atoms with Crippen molar-refractivity contribution in [3.8, 4) is 5.75 Å². The number of allylic oxidation sites excluding steroid dienone is 2. The summed E-state index contributed by atoms with van der Waals surface area (Å²) in [6.45, 7) is 0. The number of methoxy groups -OCH3 is 1. The molecule has 33 heavy (non-hydrogen) atoms. The number of nitrogens with zero attached hydrogens (tertiary/aromatic N) is 1. The highest BCUT2D eigenvalue weighted by Gasteiger charge is 2.39. The van der Waals surface area contributed by atoms with E-state index in [2.05, 4.69) is 10.3 Å². The third kappa shape index (κ3) is 4.07. The number of anilines is 1. The average Bonchev–Trinajstić information content (AvgIpc) is 2.82. The van der Waals surface area contributed by atoms with Gasteiger partial charge in [0.25, 0.3) is 5.56 Å². The predicted molar refractivity (Wildman–Crippen MR) is 130 cm³/mol. The number of Topliss-reactive ketones (excluding diaryl/α,β-unsaturated/α-hetero) is 1. The normalized spacial score (nSPS) is 17.3. The predicted octanol–water partition coefficient (Wildman–Crippen LogP) is 5.29. The molecule has 0 saturated carbocycles. The van der Waals surface area contributed by atoms with Gasteiger partial charge in [-0.2, -0.15) is 0 Å². The maximum atomic E-state index is 13.4. The fourth-order valence-electron chi connectivity index (χ4n) is 4.49. The number of hydrogen-bond donors (Lipinski definition) is 2. The number of fused-ring (bicyclic) bond motifs is 1. The molecule has 8 heteroatoms. The van der Waals surface area contributed by atoms with Gasteiger partial charge >= 0.3 is 0 Å². The maximum absolute atomic E-state index is 13.4. The zero-order chi connectivity index (χ0) is 22.9. The second kappa shape index (κ2) is 9.08. The number of halogens is 1. The summed E-state index contributed by atoms with van der Waals surface area (Å²) in [6, 6.07) is 15.1. The van der Waals surface area contributed by atoms with Crippen LogP contribution in [-0.2, 0) is 10.5 Å². The molecule has 0 fully saturated rings. The van der Waals surface area contributed by atoms with E-state index in [0.29, 0.717) is 45.1 Å². The number of carbonyl (C=O) groups is 1. The molecule has 3 aromatic rings. The van der Waals surface area contributed by atoms with Gasteiger partial charge in [-0.25, -0.2) is 4.98 Å². The number of thioether (sulfide) groups is 1. The first-order valence-corrected chi connectivity index (χ1v) is 12.1. The first-order valence-electron chi connectivity index (χ1n) is 10.7. The van der Waals surface area contributed by atoms with Gasteiger partial charge in [0.2, 0.25) is 0 Å². The summed E-state index contributed by atoms with van der Waals surface area (Å²) in [4.78, 5) is 34.0. The van der Waals surface area contributed by atoms with Gasteiger partial charge in [-0.15, -0.1) is 0 Å². The maximum Gasteiger partial charge on any atom is 0.257 e. The Hall–Kier alpha value is -3.03. The van der Waals surface area contributed by atoms with Crippen LogP contribution < -0.4 is 15.6 Å². The number of hydrogen-bond acceptors (Lipinski definition) is 6. The summed E-state index contributed by atoms with van der Waals surface area (Å²) in [7, 11) is 1.59. The Morgan fingerprint density at radius 3 is 2.73 bits per heavy atom. The molecule has 2 aromatic carbocycles. The van der Waals surface area contributed by atoms with Gasteiger partial charge in [0, 0.05) is 34.0 Å². The molecule has 6 nitrogen and oxygen atoms in total. The van der Waals surface area contributed by atoms with Crippen LogP contribution in [0.15, 0.2) is 69.8 Å². The molecule has 1 aliphatic carbocycles. The van der Waals surface area contributed by atoms with Gasteiger partial charge < -0.3 is 15.0 Å². The third-order valence-corrected chi connectivity index (χ3v) is 7.30. The Balaban J connectivity index is 1.59. The van der Waals surface area contributed by atoms with E-state index in [4.69, 9.17) is 21.3 Å². The van der Waals surface area contributed by atoms with Crippen LogP contribution in [0.5, 0.6) is 5.75 Å². The Kier molecular flexibility index (Phi) is 6.00. The zero-order valence-electron chi connectivity index (χ0n) is 18.0. The minimum atomic E-state index is -0.529. The van der Waals surface area contributed by atoms with Crippen molar-refractivity contribution >= 4 is 35.0 Å². The molecule has 0 saturated heterocycles. The lowest BCUT2D eigenvalue weighted by Gasteiger charge is -2.33. The van der Waals surface area contributed by atoms with Crippen molar-refractivity contribution in [3.05, 3.63) is 91.9 Å². The van der Waals surface area contributed by atoms with Crippen LogP contribution >= 0.6 is 23.4 Å². The van der Waals surface area contributed by atoms with Gasteiger partial charge in [0.05, 0.1) is 18.6 Å². The number of aromatic amines is 1. The molecule has 1 aromatic heterocycles. The summed E-state index contributed by atoms with van der Waals surface area (Å²) in [5, 5.41) is 4.48. The lowest BCUT2D eigenvalue weighted by Crippen LogP contribution is -2.32. The zero-order valence-corrected chi connectivity index (χ0v) is 19.6. The number of ketones is 1. The number of rotatable bonds is 5. The first kappa shape index (κ1) is 21.8. The summed E-state index contributed by atoms with van der Waals surface area (Å²) in [5.41, 5.74) is 3.41. The Morgan fingerprint density at radius 1 is 1.12 bits per heavy atom. The van der Waals surface area contributed by atoms with Crippen molar-refractivity contribution in [1.82, 2.24) is 9.97 Å². The Labute approximate surface area is 200 Å². The smallest absolute Gasteiger partial charge is 0.257 e. The quantitative estimate of drug-likeness (QED) is 0.382. The van der Waals surface area contributed by atoms with Crippen molar-refractivity contribution in [2.24, 2.45) is 0 Å². The van der Waals surface area contributed by atoms with Gasteiger partial charge in [-0.3, -0.25) is 9.59 Å². The van der Waals surface area contributed by atoms with Crippen molar-refractivity contribution in [2.75, 3.05) is 12.4 Å². The van der Waals surface area contributed by atoms with Gasteiger partial charge in [-0.1, -0.05) is 59.8 Å². The fourth-order valence-corrected chi connectivity index (χ4v) is 5.63. The monoisotopic (exact) mass is 479 g/mol. The van der Waals surface area contributed by atoms with Gasteiger partial charge in [0.15, 0.2) is 10.9 Å². The van der Waals surface area contributed by atoms with E-state index in [0.717, 1.165) is 29.7 Å². The van der Waals surface area contributed by atoms with E-state index in [9.17, 15) is 9.59 Å². The summed E-state index contributed by atoms with van der Waals surface area (Å²) in [5.74, 6) is 1.23. The van der Waals surface area contributed by atoms with E-state index < -0.39 is 5.92 Å². The Morgan fingerprint density at radius 2 is 1.91 bits per heavy atom. The molecule has 2 heterocycles. The van der Waals surface area contributed by atoms with E-state index in [-0.39, 0.29) is 11.3 Å². The highest BCUT2D eigenvalue weighted by atomic mass is 35.5. The summed E-state index contributed by atoms with van der Waals surface area (Å²) in [6.07, 6.45) is 1.98. The van der Waals surface area contributed by atoms with Crippen LogP contribution in [0.4, 0.5) is 5.82 Å². The highest BCUT2D eigenvalue weighted by Crippen LogP contribution is 2.45. The molecule has 168 valence electrons. The molecular weight excluding hydrogens is 458 g/mol. The van der Waals surface area contributed by atoms with Crippen molar-refractivity contribution in [1.29, 1.82) is 0 Å². The highest BCUT2D eigenvalue weighted by molar-refractivity contribution is 7.98. The van der Waals surface area contributed by atoms with Crippen LogP contribution in [-0.4, -0.2) is 22.9 Å². The average molecular weight is 480 g/mol. The number of benzene rings is 2. The molecule has 0 radical (unpaired) electrons. The molecule has 5 rings (SSSR count). The van der Waals surface area contributed by atoms with Crippen LogP contribution in [0.25, 0.3) is 0 Å². The summed E-state index contributed by atoms with van der Waals surface area (Å²) < 4.78 is 5.59. The van der Waals surface area contributed by atoms with E-state index in [1.807, 2.05) is 48.5 Å². The van der Waals surface area contributed by atoms with E-state index >= 15 is 0 Å². The molecule has 0 spiro atoms. The number of carbonyl (C=O) groups excluding carboxylic acids is 1. The number of para-hydroxylation sites is 1. The third-order valence-electron chi connectivity index (χ3n) is 6.01. The molecule has 1 aliphatic heterocycles. The molecule has 1 atom stereocenters. The minimum absolute atomic E-state index is 0.0573. The van der Waals surface area contributed by atoms with Crippen LogP contribution in [0, 0.1) is 0 Å². The van der Waals surface area contributed by atoms with Crippen LogP contribution in [0.2, 0.25) is 5.02 Å². The molecule has 2 N–H and O–H groups in total. The number of aromatic nitrogens is 2. The van der Waals surface area contributed by atoms with Gasteiger partial charge in [-0.05, 0) is 30.5 Å². The van der Waals surface area contributed by atoms with E-state index in [1.165, 1.54) is 11.8 Å². The molecular formula is C25H22ClN3O3S. The molecule has 0 amide bonds. The molecule has 1 unspecified atom stereocenters. The lowest BCUT2D eigenvalue weighted by molar-refractivity contribution is -0.116. The first-order chi connectivity index (χ1) is 16.1. The van der Waals surface area contributed by atoms with Crippen LogP contribution in [0.3, 0.4) is 0 Å². The van der Waals surface area contributed by atoms with Gasteiger partial charge in [0.1, 0.15) is 11.6 Å². The van der Waals surface area contributed by atoms with E-state index in [1.54, 1.807) is 7.11 Å². The number of nitrogens with one attached hydrogen (secondary N) is 2. The SMILES string of the molecule is COc1ccccc1C1C2=C(CCCC2=O)Nc2nc(SCc3ccccc3Cl)[nH]c(=O)c21. The van der Waals surface area contributed by atoms with Crippen molar-refractivity contribution < 1.29 is 9.53 Å². The molecule has 0 bridgehead atoms. The Bertz CT molecular complexity index is 1330. The van der Waals surface area contributed by atoms with Crippen molar-refractivity contribution in [2.45, 2.75) is 36.1 Å². The fraction of sp³-hybridized carbons (Fsp3) is 0.240. The topological polar surface area (TPSA) is 84.1 Å². The molecule has 2 aliphatic rings. The summed E-state index contributed by atoms with van der Waals surface area (Å²) >= 11 is 7.69. The second-order valence-electron chi connectivity index (χ2n) is 7.98. The van der Waals surface area contributed by atoms with Crippen LogP contribution in [0.1, 0.15) is 41.9 Å². The minimum Gasteiger partial charge on any atom is -0.496 e. The lowest BCUT2D eigenvalue weighted by atomic mass is 9.76. The number of ether oxygens (including phenoxy) is 1. The standard InChI is InChI=1S/C25H22ClN3O3S/c1-32-19-12-5-3-8-15(19)20-21-17(10-6-11-18(21)30)27-23-22(20)24(31)29-25(28-23)33-13-14-7-2-4-9-16(14)26/h2-5,7-9,12,20H,6,10-11,13H2,1H3,(H2,27,28,29,31).